The van der Waals surface area contributed by atoms with Crippen LogP contribution in [0.25, 0.3) is 0 Å². The Hall–Kier alpha value is -4.04. The Morgan fingerprint density at radius 1 is 0.812 bits per heavy atom. The zero-order valence-electron chi connectivity index (χ0n) is 29.6. The molecule has 0 aliphatic carbocycles. The number of ether oxygens (including phenoxy) is 1. The van der Waals surface area contributed by atoms with Crippen molar-refractivity contribution in [2.24, 2.45) is 0 Å². The molecule has 1 saturated heterocycles. The van der Waals surface area contributed by atoms with Gasteiger partial charge in [-0.3, -0.25) is 9.59 Å². The number of nitrogens with one attached hydrogen (secondary N) is 2. The van der Waals surface area contributed by atoms with E-state index in [1.54, 1.807) is 6.92 Å². The standard InChI is InChI=1S/C40H56N4O4/c1-6-7-8-9-10-27-48-37-21-19-36(20-22-37)44-25-23-43(24-26-44)35-17-11-31(12-18-35)28-34(29-41-30(2)39(46)47)42-38(45)32-13-15-33(16-14-32)40(3,4)5/h11-22,30,34,41H,6-10,23-29H2,1-5H3,(H,42,45)(H,46,47). The van der Waals surface area contributed by atoms with Crippen LogP contribution in [0.5, 0.6) is 5.75 Å². The van der Waals surface area contributed by atoms with E-state index in [0.29, 0.717) is 18.5 Å². The molecule has 1 heterocycles. The van der Waals surface area contributed by atoms with E-state index in [1.807, 2.05) is 24.3 Å². The van der Waals surface area contributed by atoms with Gasteiger partial charge in [-0.1, -0.05) is 77.6 Å². The third-order valence-corrected chi connectivity index (χ3v) is 9.17. The topological polar surface area (TPSA) is 94.1 Å². The number of benzene rings is 3. The van der Waals surface area contributed by atoms with E-state index in [1.165, 1.54) is 37.1 Å². The number of rotatable bonds is 17. The summed E-state index contributed by atoms with van der Waals surface area (Å²) in [6, 6.07) is 23.7. The third-order valence-electron chi connectivity index (χ3n) is 9.17. The summed E-state index contributed by atoms with van der Waals surface area (Å²) in [7, 11) is 0. The van der Waals surface area contributed by atoms with E-state index >= 15 is 0 Å². The van der Waals surface area contributed by atoms with Gasteiger partial charge in [-0.25, -0.2) is 0 Å². The summed E-state index contributed by atoms with van der Waals surface area (Å²) < 4.78 is 5.95. The minimum atomic E-state index is -0.920. The second-order valence-electron chi connectivity index (χ2n) is 14.1. The Morgan fingerprint density at radius 2 is 1.38 bits per heavy atom. The van der Waals surface area contributed by atoms with Crippen LogP contribution in [0.2, 0.25) is 0 Å². The first-order chi connectivity index (χ1) is 23.0. The summed E-state index contributed by atoms with van der Waals surface area (Å²) in [5.41, 5.74) is 5.24. The minimum absolute atomic E-state index is 0.00287. The first-order valence-electron chi connectivity index (χ1n) is 17.7. The van der Waals surface area contributed by atoms with Gasteiger partial charge in [-0.05, 0) is 84.8 Å². The molecule has 8 heteroatoms. The van der Waals surface area contributed by atoms with Crippen molar-refractivity contribution in [1.29, 1.82) is 0 Å². The highest BCUT2D eigenvalue weighted by atomic mass is 16.5. The molecule has 3 N–H and O–H groups in total. The van der Waals surface area contributed by atoms with E-state index in [9.17, 15) is 14.7 Å². The van der Waals surface area contributed by atoms with Crippen molar-refractivity contribution in [1.82, 2.24) is 10.6 Å². The van der Waals surface area contributed by atoms with Crippen LogP contribution in [0.4, 0.5) is 11.4 Å². The molecule has 2 unspecified atom stereocenters. The van der Waals surface area contributed by atoms with E-state index in [4.69, 9.17) is 4.74 Å². The third kappa shape index (κ3) is 11.3. The quantitative estimate of drug-likeness (QED) is 0.134. The summed E-state index contributed by atoms with van der Waals surface area (Å²) in [6.45, 7) is 15.1. The molecule has 0 radical (unpaired) electrons. The monoisotopic (exact) mass is 656 g/mol. The lowest BCUT2D eigenvalue weighted by atomic mass is 9.86. The molecule has 0 saturated carbocycles. The number of carbonyl (C=O) groups excluding carboxylic acids is 1. The molecule has 3 aromatic carbocycles. The molecule has 48 heavy (non-hydrogen) atoms. The van der Waals surface area contributed by atoms with Crippen LogP contribution in [0.15, 0.2) is 72.8 Å². The van der Waals surface area contributed by atoms with Crippen LogP contribution in [-0.2, 0) is 16.6 Å². The van der Waals surface area contributed by atoms with Gasteiger partial charge in [0.25, 0.3) is 5.91 Å². The number of piperazine rings is 1. The van der Waals surface area contributed by atoms with Crippen LogP contribution in [-0.4, -0.2) is 68.4 Å². The van der Waals surface area contributed by atoms with Gasteiger partial charge in [0, 0.05) is 55.7 Å². The van der Waals surface area contributed by atoms with Gasteiger partial charge >= 0.3 is 5.97 Å². The number of hydrogen-bond acceptors (Lipinski definition) is 6. The summed E-state index contributed by atoms with van der Waals surface area (Å²) in [4.78, 5) is 29.5. The number of anilines is 2. The SMILES string of the molecule is CCCCCCCOc1ccc(N2CCN(c3ccc(CC(CNC(C)C(=O)O)NC(=O)c4ccc(C(C)(C)C)cc4)cc3)CC2)cc1. The molecule has 2 atom stereocenters. The molecule has 0 bridgehead atoms. The van der Waals surface area contributed by atoms with Crippen LogP contribution >= 0.6 is 0 Å². The second-order valence-corrected chi connectivity index (χ2v) is 14.1. The largest absolute Gasteiger partial charge is 0.494 e. The van der Waals surface area contributed by atoms with Crippen LogP contribution < -0.4 is 25.2 Å². The average molecular weight is 657 g/mol. The highest BCUT2D eigenvalue weighted by Crippen LogP contribution is 2.25. The van der Waals surface area contributed by atoms with Gasteiger partial charge in [0.15, 0.2) is 0 Å². The number of carboxylic acid groups (broad SMARTS) is 1. The molecule has 1 aliphatic heterocycles. The lowest BCUT2D eigenvalue weighted by molar-refractivity contribution is -0.139. The maximum Gasteiger partial charge on any atom is 0.320 e. The van der Waals surface area contributed by atoms with Crippen LogP contribution in [0, 0.1) is 0 Å². The van der Waals surface area contributed by atoms with E-state index < -0.39 is 12.0 Å². The second kappa shape index (κ2) is 17.9. The molecule has 1 amide bonds. The number of carbonyl (C=O) groups is 2. The van der Waals surface area contributed by atoms with Crippen LogP contribution in [0.3, 0.4) is 0 Å². The Balaban J connectivity index is 1.29. The Bertz CT molecular complexity index is 1410. The summed E-state index contributed by atoms with van der Waals surface area (Å²) >= 11 is 0. The molecule has 4 rings (SSSR count). The van der Waals surface area contributed by atoms with Crippen molar-refractivity contribution in [2.75, 3.05) is 49.1 Å². The number of amides is 1. The Labute approximate surface area is 287 Å². The highest BCUT2D eigenvalue weighted by molar-refractivity contribution is 5.94. The first kappa shape index (κ1) is 36.8. The first-order valence-corrected chi connectivity index (χ1v) is 17.7. The Kier molecular flexibility index (Phi) is 13.7. The Morgan fingerprint density at radius 3 is 1.92 bits per heavy atom. The number of aliphatic carboxylic acids is 1. The molecule has 8 nitrogen and oxygen atoms in total. The van der Waals surface area contributed by atoms with Gasteiger partial charge < -0.3 is 30.3 Å². The van der Waals surface area contributed by atoms with Crippen molar-refractivity contribution in [3.8, 4) is 5.75 Å². The van der Waals surface area contributed by atoms with E-state index in [-0.39, 0.29) is 17.4 Å². The molecular weight excluding hydrogens is 600 g/mol. The summed E-state index contributed by atoms with van der Waals surface area (Å²) in [5, 5.41) is 15.6. The lowest BCUT2D eigenvalue weighted by Crippen LogP contribution is -2.47. The van der Waals surface area contributed by atoms with Crippen molar-refractivity contribution in [2.45, 2.75) is 90.6 Å². The molecular formula is C40H56N4O4. The average Bonchev–Trinajstić information content (AvgIpc) is 3.09. The van der Waals surface area contributed by atoms with E-state index in [0.717, 1.165) is 56.1 Å². The number of unbranched alkanes of at least 4 members (excludes halogenated alkanes) is 4. The summed E-state index contributed by atoms with van der Waals surface area (Å²) in [5.74, 6) is -0.145. The van der Waals surface area contributed by atoms with Gasteiger partial charge in [0.2, 0.25) is 0 Å². The summed E-state index contributed by atoms with van der Waals surface area (Å²) in [6.07, 6.45) is 6.78. The van der Waals surface area contributed by atoms with Gasteiger partial charge in [0.05, 0.1) is 6.61 Å². The van der Waals surface area contributed by atoms with E-state index in [2.05, 4.69) is 96.7 Å². The predicted molar refractivity (Wildman–Crippen MR) is 197 cm³/mol. The van der Waals surface area contributed by atoms with Crippen molar-refractivity contribution >= 4 is 23.3 Å². The zero-order chi connectivity index (χ0) is 34.5. The van der Waals surface area contributed by atoms with Gasteiger partial charge in [-0.2, -0.15) is 0 Å². The fourth-order valence-corrected chi connectivity index (χ4v) is 5.97. The zero-order valence-corrected chi connectivity index (χ0v) is 29.6. The maximum absolute atomic E-state index is 13.2. The number of hydrogen-bond donors (Lipinski definition) is 3. The van der Waals surface area contributed by atoms with Crippen LogP contribution in [0.1, 0.15) is 88.2 Å². The van der Waals surface area contributed by atoms with Gasteiger partial charge in [-0.15, -0.1) is 0 Å². The van der Waals surface area contributed by atoms with Crippen molar-refractivity contribution in [3.05, 3.63) is 89.5 Å². The lowest BCUT2D eigenvalue weighted by Gasteiger charge is -2.37. The minimum Gasteiger partial charge on any atom is -0.494 e. The normalized spacial score (nSPS) is 14.8. The predicted octanol–water partition coefficient (Wildman–Crippen LogP) is 7.06. The van der Waals surface area contributed by atoms with Gasteiger partial charge in [0.1, 0.15) is 11.8 Å². The molecule has 1 aliphatic rings. The number of carboxylic acids is 1. The molecule has 0 aromatic heterocycles. The molecule has 1 fully saturated rings. The molecule has 3 aromatic rings. The maximum atomic E-state index is 13.2. The van der Waals surface area contributed by atoms with Crippen molar-refractivity contribution < 1.29 is 19.4 Å². The fraction of sp³-hybridized carbons (Fsp3) is 0.500. The number of nitrogens with zero attached hydrogens (tertiary/aromatic N) is 2. The smallest absolute Gasteiger partial charge is 0.320 e. The molecule has 0 spiro atoms. The fourth-order valence-electron chi connectivity index (χ4n) is 5.97. The van der Waals surface area contributed by atoms with Crippen molar-refractivity contribution in [3.63, 3.8) is 0 Å². The highest BCUT2D eigenvalue weighted by Gasteiger charge is 2.21. The molecule has 260 valence electrons.